The van der Waals surface area contributed by atoms with Gasteiger partial charge < -0.3 is 20.2 Å². The third kappa shape index (κ3) is 3.86. The van der Waals surface area contributed by atoms with E-state index >= 15 is 0 Å². The van der Waals surface area contributed by atoms with E-state index in [0.29, 0.717) is 19.4 Å². The third-order valence-electron chi connectivity index (χ3n) is 4.24. The molecule has 2 N–H and O–H groups in total. The fourth-order valence-corrected chi connectivity index (χ4v) is 2.53. The average Bonchev–Trinajstić information content (AvgIpc) is 2.78. The average molecular weight is 299 g/mol. The first kappa shape index (κ1) is 17.3. The molecule has 0 heterocycles. The highest BCUT2D eigenvalue weighted by atomic mass is 16.4. The fourth-order valence-electron chi connectivity index (χ4n) is 2.53. The van der Waals surface area contributed by atoms with Crippen LogP contribution in [0.25, 0.3) is 0 Å². The SMILES string of the molecule is CCN(CC(=O)N(C)C)C(=O)NC1CCCC1(C)C(=O)O. The highest BCUT2D eigenvalue weighted by molar-refractivity contribution is 5.84. The number of carbonyl (C=O) groups excluding carboxylic acids is 2. The minimum atomic E-state index is -0.930. The second kappa shape index (κ2) is 6.78. The highest BCUT2D eigenvalue weighted by Gasteiger charge is 2.46. The van der Waals surface area contributed by atoms with E-state index in [9.17, 15) is 19.5 Å². The molecule has 2 atom stereocenters. The van der Waals surface area contributed by atoms with Crippen LogP contribution in [0.3, 0.4) is 0 Å². The molecule has 7 nitrogen and oxygen atoms in total. The lowest BCUT2D eigenvalue weighted by Crippen LogP contribution is -2.52. The number of carboxylic acids is 1. The second-order valence-electron chi connectivity index (χ2n) is 5.92. The number of nitrogens with zero attached hydrogens (tertiary/aromatic N) is 2. The smallest absolute Gasteiger partial charge is 0.318 e. The van der Waals surface area contributed by atoms with E-state index < -0.39 is 17.4 Å². The Hall–Kier alpha value is -1.79. The van der Waals surface area contributed by atoms with E-state index in [1.165, 1.54) is 9.80 Å². The lowest BCUT2D eigenvalue weighted by molar-refractivity contribution is -0.148. The molecule has 1 saturated carbocycles. The quantitative estimate of drug-likeness (QED) is 0.784. The number of carbonyl (C=O) groups is 3. The van der Waals surface area contributed by atoms with Crippen LogP contribution in [-0.4, -0.2) is 66.0 Å². The van der Waals surface area contributed by atoms with E-state index in [0.717, 1.165) is 6.42 Å². The first-order valence-corrected chi connectivity index (χ1v) is 7.21. The van der Waals surface area contributed by atoms with Crippen LogP contribution in [0.4, 0.5) is 4.79 Å². The molecule has 0 aromatic rings. The van der Waals surface area contributed by atoms with Crippen LogP contribution in [0, 0.1) is 5.41 Å². The van der Waals surface area contributed by atoms with Gasteiger partial charge in [-0.3, -0.25) is 9.59 Å². The number of hydrogen-bond donors (Lipinski definition) is 2. The standard InChI is InChI=1S/C14H25N3O4/c1-5-17(9-11(18)16(3)4)13(21)15-10-7-6-8-14(10,2)12(19)20/h10H,5-9H2,1-4H3,(H,15,21)(H,19,20). The molecule has 1 fully saturated rings. The van der Waals surface area contributed by atoms with Gasteiger partial charge in [0.05, 0.1) is 5.41 Å². The molecule has 0 bridgehead atoms. The van der Waals surface area contributed by atoms with E-state index in [1.54, 1.807) is 27.9 Å². The van der Waals surface area contributed by atoms with E-state index in [2.05, 4.69) is 5.32 Å². The molecule has 1 aliphatic carbocycles. The number of carboxylic acid groups (broad SMARTS) is 1. The van der Waals surface area contributed by atoms with Crippen molar-refractivity contribution in [1.29, 1.82) is 0 Å². The normalized spacial score (nSPS) is 24.5. The molecule has 0 aromatic carbocycles. The van der Waals surface area contributed by atoms with Gasteiger partial charge >= 0.3 is 12.0 Å². The molecule has 1 aliphatic rings. The summed E-state index contributed by atoms with van der Waals surface area (Å²) in [6.45, 7) is 3.83. The summed E-state index contributed by atoms with van der Waals surface area (Å²) in [5, 5.41) is 12.1. The van der Waals surface area contributed by atoms with Crippen molar-refractivity contribution in [2.45, 2.75) is 39.2 Å². The van der Waals surface area contributed by atoms with Gasteiger partial charge in [-0.25, -0.2) is 4.79 Å². The number of likely N-dealkylation sites (N-methyl/N-ethyl adjacent to an activating group) is 2. The van der Waals surface area contributed by atoms with Gasteiger partial charge in [0.1, 0.15) is 6.54 Å². The largest absolute Gasteiger partial charge is 0.481 e. The molecule has 120 valence electrons. The molecular weight excluding hydrogens is 274 g/mol. The third-order valence-corrected chi connectivity index (χ3v) is 4.24. The summed E-state index contributed by atoms with van der Waals surface area (Å²) in [6.07, 6.45) is 1.97. The topological polar surface area (TPSA) is 90.0 Å². The maximum atomic E-state index is 12.2. The first-order chi connectivity index (χ1) is 9.72. The van der Waals surface area contributed by atoms with Crippen molar-refractivity contribution in [3.63, 3.8) is 0 Å². The molecule has 7 heteroatoms. The monoisotopic (exact) mass is 299 g/mol. The predicted octanol–water partition coefficient (Wildman–Crippen LogP) is 0.750. The summed E-state index contributed by atoms with van der Waals surface area (Å²) in [5.74, 6) is -1.06. The zero-order chi connectivity index (χ0) is 16.2. The number of amides is 3. The number of aliphatic carboxylic acids is 1. The Balaban J connectivity index is 2.70. The van der Waals surface area contributed by atoms with Crippen LogP contribution in [0.5, 0.6) is 0 Å². The van der Waals surface area contributed by atoms with Crippen molar-refractivity contribution in [3.8, 4) is 0 Å². The Morgan fingerprint density at radius 1 is 1.33 bits per heavy atom. The minimum Gasteiger partial charge on any atom is -0.481 e. The lowest BCUT2D eigenvalue weighted by Gasteiger charge is -2.30. The molecule has 1 rings (SSSR count). The maximum absolute atomic E-state index is 12.2. The Kier molecular flexibility index (Phi) is 5.57. The molecule has 0 saturated heterocycles. The van der Waals surface area contributed by atoms with Gasteiger partial charge in [-0.15, -0.1) is 0 Å². The summed E-state index contributed by atoms with van der Waals surface area (Å²) in [5.41, 5.74) is -0.930. The Bertz CT molecular complexity index is 424. The molecule has 0 radical (unpaired) electrons. The van der Waals surface area contributed by atoms with Crippen LogP contribution < -0.4 is 5.32 Å². The number of rotatable bonds is 5. The Morgan fingerprint density at radius 3 is 2.43 bits per heavy atom. The van der Waals surface area contributed by atoms with Gasteiger partial charge in [0, 0.05) is 26.7 Å². The lowest BCUT2D eigenvalue weighted by atomic mass is 9.85. The van der Waals surface area contributed by atoms with Crippen LogP contribution >= 0.6 is 0 Å². The van der Waals surface area contributed by atoms with Gasteiger partial charge in [-0.05, 0) is 26.7 Å². The molecule has 0 aromatic heterocycles. The number of urea groups is 1. The summed E-state index contributed by atoms with van der Waals surface area (Å²) in [4.78, 5) is 38.2. The predicted molar refractivity (Wildman–Crippen MR) is 77.9 cm³/mol. The van der Waals surface area contributed by atoms with E-state index in [1.807, 2.05) is 0 Å². The van der Waals surface area contributed by atoms with Gasteiger partial charge in [0.15, 0.2) is 0 Å². The van der Waals surface area contributed by atoms with Crippen LogP contribution in [0.1, 0.15) is 33.1 Å². The summed E-state index contributed by atoms with van der Waals surface area (Å²) in [6, 6.07) is -0.780. The van der Waals surface area contributed by atoms with E-state index in [-0.39, 0.29) is 18.5 Å². The van der Waals surface area contributed by atoms with Crippen molar-refractivity contribution in [2.24, 2.45) is 5.41 Å². The molecule has 21 heavy (non-hydrogen) atoms. The summed E-state index contributed by atoms with van der Waals surface area (Å²) in [7, 11) is 3.26. The number of nitrogens with one attached hydrogen (secondary N) is 1. The molecule has 3 amide bonds. The molecule has 2 unspecified atom stereocenters. The first-order valence-electron chi connectivity index (χ1n) is 7.21. The van der Waals surface area contributed by atoms with Gasteiger partial charge in [0.2, 0.25) is 5.91 Å². The van der Waals surface area contributed by atoms with Crippen molar-refractivity contribution in [2.75, 3.05) is 27.2 Å². The van der Waals surface area contributed by atoms with Crippen molar-refractivity contribution in [3.05, 3.63) is 0 Å². The van der Waals surface area contributed by atoms with Gasteiger partial charge in [-0.1, -0.05) is 6.42 Å². The number of hydrogen-bond acceptors (Lipinski definition) is 3. The van der Waals surface area contributed by atoms with Crippen LogP contribution in [-0.2, 0) is 9.59 Å². The minimum absolute atomic E-state index is 0.00810. The van der Waals surface area contributed by atoms with Crippen molar-refractivity contribution < 1.29 is 19.5 Å². The maximum Gasteiger partial charge on any atom is 0.318 e. The molecular formula is C14H25N3O4. The zero-order valence-electron chi connectivity index (χ0n) is 13.2. The van der Waals surface area contributed by atoms with Crippen molar-refractivity contribution in [1.82, 2.24) is 15.1 Å². The van der Waals surface area contributed by atoms with Crippen LogP contribution in [0.2, 0.25) is 0 Å². The zero-order valence-corrected chi connectivity index (χ0v) is 13.2. The van der Waals surface area contributed by atoms with E-state index in [4.69, 9.17) is 0 Å². The molecule has 0 spiro atoms. The summed E-state index contributed by atoms with van der Waals surface area (Å²) >= 11 is 0. The molecule has 0 aliphatic heterocycles. The Labute approximate surface area is 125 Å². The highest BCUT2D eigenvalue weighted by Crippen LogP contribution is 2.38. The summed E-state index contributed by atoms with van der Waals surface area (Å²) < 4.78 is 0. The van der Waals surface area contributed by atoms with Crippen LogP contribution in [0.15, 0.2) is 0 Å². The Morgan fingerprint density at radius 2 is 1.95 bits per heavy atom. The van der Waals surface area contributed by atoms with Crippen molar-refractivity contribution >= 4 is 17.9 Å². The van der Waals surface area contributed by atoms with Gasteiger partial charge in [-0.2, -0.15) is 0 Å². The fraction of sp³-hybridized carbons (Fsp3) is 0.786. The van der Waals surface area contributed by atoms with Gasteiger partial charge in [0.25, 0.3) is 0 Å². The second-order valence-corrected chi connectivity index (χ2v) is 5.92.